The van der Waals surface area contributed by atoms with Crippen LogP contribution in [0, 0.1) is 13.8 Å². The standard InChI is InChI=1S/C21H20ClNO4/c1-13-5-3-4-6-15(13)7-8-23-20(24)12-26-19-11-18-16(10-17(19)22)14(2)9-21(25)27-18/h3-6,9-11H,7-8,12H2,1-2H3,(H,23,24). The summed E-state index contributed by atoms with van der Waals surface area (Å²) in [5, 5.41) is 3.91. The topological polar surface area (TPSA) is 68.5 Å². The fraction of sp³-hybridized carbons (Fsp3) is 0.238. The summed E-state index contributed by atoms with van der Waals surface area (Å²) in [6, 6.07) is 12.7. The van der Waals surface area contributed by atoms with Crippen molar-refractivity contribution in [3.05, 3.63) is 74.6 Å². The third-order valence-electron chi connectivity index (χ3n) is 4.34. The van der Waals surface area contributed by atoms with Gasteiger partial charge in [0.1, 0.15) is 11.3 Å². The van der Waals surface area contributed by atoms with Gasteiger partial charge in [-0.1, -0.05) is 35.9 Å². The SMILES string of the molecule is Cc1ccccc1CCNC(=O)COc1cc2oc(=O)cc(C)c2cc1Cl. The Bertz CT molecular complexity index is 1040. The zero-order chi connectivity index (χ0) is 19.4. The molecular weight excluding hydrogens is 366 g/mol. The summed E-state index contributed by atoms with van der Waals surface area (Å²) in [6.45, 7) is 4.20. The van der Waals surface area contributed by atoms with Crippen molar-refractivity contribution >= 4 is 28.5 Å². The molecule has 0 spiro atoms. The van der Waals surface area contributed by atoms with Crippen molar-refractivity contribution in [2.45, 2.75) is 20.3 Å². The number of aryl methyl sites for hydroxylation is 2. The fourth-order valence-electron chi connectivity index (χ4n) is 2.85. The van der Waals surface area contributed by atoms with Gasteiger partial charge in [-0.15, -0.1) is 0 Å². The molecule has 1 amide bonds. The number of rotatable bonds is 6. The number of nitrogens with one attached hydrogen (secondary N) is 1. The van der Waals surface area contributed by atoms with Gasteiger partial charge in [-0.2, -0.15) is 0 Å². The molecule has 3 rings (SSSR count). The zero-order valence-electron chi connectivity index (χ0n) is 15.2. The third-order valence-corrected chi connectivity index (χ3v) is 4.64. The maximum atomic E-state index is 12.0. The molecule has 0 bridgehead atoms. The van der Waals surface area contributed by atoms with E-state index in [0.717, 1.165) is 17.4 Å². The van der Waals surface area contributed by atoms with Crippen LogP contribution in [0.15, 0.2) is 51.7 Å². The first-order chi connectivity index (χ1) is 12.9. The van der Waals surface area contributed by atoms with Gasteiger partial charge in [-0.05, 0) is 43.0 Å². The lowest BCUT2D eigenvalue weighted by atomic mass is 10.1. The summed E-state index contributed by atoms with van der Waals surface area (Å²) >= 11 is 6.22. The van der Waals surface area contributed by atoms with Crippen LogP contribution in [0.5, 0.6) is 5.75 Å². The first kappa shape index (κ1) is 19.0. The zero-order valence-corrected chi connectivity index (χ0v) is 15.9. The lowest BCUT2D eigenvalue weighted by Gasteiger charge is -2.11. The van der Waals surface area contributed by atoms with Gasteiger partial charge < -0.3 is 14.5 Å². The van der Waals surface area contributed by atoms with E-state index < -0.39 is 5.63 Å². The predicted molar refractivity (Wildman–Crippen MR) is 106 cm³/mol. The highest BCUT2D eigenvalue weighted by Crippen LogP contribution is 2.30. The largest absolute Gasteiger partial charge is 0.482 e. The number of fused-ring (bicyclic) bond motifs is 1. The van der Waals surface area contributed by atoms with E-state index >= 15 is 0 Å². The van der Waals surface area contributed by atoms with Crippen molar-refractivity contribution in [2.75, 3.05) is 13.2 Å². The molecule has 5 nitrogen and oxygen atoms in total. The van der Waals surface area contributed by atoms with Crippen molar-refractivity contribution in [1.82, 2.24) is 5.32 Å². The number of amides is 1. The van der Waals surface area contributed by atoms with Crippen molar-refractivity contribution in [1.29, 1.82) is 0 Å². The average molecular weight is 386 g/mol. The van der Waals surface area contributed by atoms with Crippen molar-refractivity contribution < 1.29 is 13.9 Å². The Kier molecular flexibility index (Phi) is 5.81. The van der Waals surface area contributed by atoms with Crippen LogP contribution in [0.4, 0.5) is 0 Å². The van der Waals surface area contributed by atoms with Crippen LogP contribution in [0.3, 0.4) is 0 Å². The monoisotopic (exact) mass is 385 g/mol. The fourth-order valence-corrected chi connectivity index (χ4v) is 3.07. The number of halogens is 1. The van der Waals surface area contributed by atoms with Crippen molar-refractivity contribution in [3.63, 3.8) is 0 Å². The van der Waals surface area contributed by atoms with Gasteiger partial charge in [-0.25, -0.2) is 4.79 Å². The molecule has 140 valence electrons. The summed E-state index contributed by atoms with van der Waals surface area (Å²) in [5.41, 5.74) is 3.09. The van der Waals surface area contributed by atoms with Crippen LogP contribution in [-0.2, 0) is 11.2 Å². The van der Waals surface area contributed by atoms with Crippen molar-refractivity contribution in [3.8, 4) is 5.75 Å². The van der Waals surface area contributed by atoms with Crippen LogP contribution in [0.1, 0.15) is 16.7 Å². The summed E-state index contributed by atoms with van der Waals surface area (Å²) in [6.07, 6.45) is 0.750. The van der Waals surface area contributed by atoms with Crippen molar-refractivity contribution in [2.24, 2.45) is 0 Å². The van der Waals surface area contributed by atoms with Gasteiger partial charge in [0.25, 0.3) is 5.91 Å². The van der Waals surface area contributed by atoms with E-state index in [0.29, 0.717) is 22.9 Å². The molecular formula is C21H20ClNO4. The number of carbonyl (C=O) groups is 1. The minimum Gasteiger partial charge on any atom is -0.482 e. The van der Waals surface area contributed by atoms with Crippen LogP contribution >= 0.6 is 11.6 Å². The number of hydrogen-bond donors (Lipinski definition) is 1. The molecule has 0 unspecified atom stereocenters. The second-order valence-corrected chi connectivity index (χ2v) is 6.75. The Morgan fingerprint density at radius 3 is 2.70 bits per heavy atom. The van der Waals surface area contributed by atoms with Gasteiger partial charge in [0.15, 0.2) is 6.61 Å². The highest BCUT2D eigenvalue weighted by atomic mass is 35.5. The molecule has 0 saturated carbocycles. The molecule has 1 N–H and O–H groups in total. The molecule has 3 aromatic rings. The highest BCUT2D eigenvalue weighted by Gasteiger charge is 2.11. The van der Waals surface area contributed by atoms with Gasteiger partial charge >= 0.3 is 5.63 Å². The maximum Gasteiger partial charge on any atom is 0.336 e. The number of ether oxygens (including phenoxy) is 1. The van der Waals surface area contributed by atoms with Gasteiger partial charge in [0.05, 0.1) is 5.02 Å². The van der Waals surface area contributed by atoms with Crippen LogP contribution in [0.25, 0.3) is 11.0 Å². The Morgan fingerprint density at radius 2 is 1.93 bits per heavy atom. The average Bonchev–Trinajstić information content (AvgIpc) is 2.62. The summed E-state index contributed by atoms with van der Waals surface area (Å²) < 4.78 is 10.7. The van der Waals surface area contributed by atoms with Gasteiger partial charge in [0, 0.05) is 24.1 Å². The molecule has 0 fully saturated rings. The van der Waals surface area contributed by atoms with E-state index in [-0.39, 0.29) is 12.5 Å². The van der Waals surface area contributed by atoms with E-state index in [4.69, 9.17) is 20.8 Å². The lowest BCUT2D eigenvalue weighted by Crippen LogP contribution is -2.30. The van der Waals surface area contributed by atoms with E-state index in [1.54, 1.807) is 13.0 Å². The summed E-state index contributed by atoms with van der Waals surface area (Å²) in [4.78, 5) is 23.5. The second kappa shape index (κ2) is 8.27. The van der Waals surface area contributed by atoms with Crippen LogP contribution in [-0.4, -0.2) is 19.1 Å². The predicted octanol–water partition coefficient (Wildman–Crippen LogP) is 3.80. The normalized spacial score (nSPS) is 10.8. The quantitative estimate of drug-likeness (QED) is 0.655. The Hall–Kier alpha value is -2.79. The van der Waals surface area contributed by atoms with Gasteiger partial charge in [0.2, 0.25) is 0 Å². The van der Waals surface area contributed by atoms with E-state index in [1.807, 2.05) is 31.2 Å². The van der Waals surface area contributed by atoms with E-state index in [2.05, 4.69) is 5.32 Å². The Labute approximate surface area is 161 Å². The Morgan fingerprint density at radius 1 is 1.15 bits per heavy atom. The minimum atomic E-state index is -0.442. The summed E-state index contributed by atoms with van der Waals surface area (Å²) in [5.74, 6) is 0.0532. The van der Waals surface area contributed by atoms with Gasteiger partial charge in [-0.3, -0.25) is 4.79 Å². The number of carbonyl (C=O) groups excluding carboxylic acids is 1. The molecule has 1 heterocycles. The molecule has 0 saturated heterocycles. The summed E-state index contributed by atoms with van der Waals surface area (Å²) in [7, 11) is 0. The lowest BCUT2D eigenvalue weighted by molar-refractivity contribution is -0.123. The third kappa shape index (κ3) is 4.68. The maximum absolute atomic E-state index is 12.0. The second-order valence-electron chi connectivity index (χ2n) is 6.34. The Balaban J connectivity index is 1.59. The van der Waals surface area contributed by atoms with Crippen LogP contribution < -0.4 is 15.7 Å². The minimum absolute atomic E-state index is 0.172. The smallest absolute Gasteiger partial charge is 0.336 e. The molecule has 0 atom stereocenters. The molecule has 0 aliphatic carbocycles. The molecule has 2 aromatic carbocycles. The molecule has 0 aliphatic heterocycles. The van der Waals surface area contributed by atoms with E-state index in [9.17, 15) is 9.59 Å². The van der Waals surface area contributed by atoms with E-state index in [1.165, 1.54) is 23.3 Å². The number of hydrogen-bond acceptors (Lipinski definition) is 4. The van der Waals surface area contributed by atoms with Crippen LogP contribution in [0.2, 0.25) is 5.02 Å². The molecule has 27 heavy (non-hydrogen) atoms. The molecule has 1 aromatic heterocycles. The highest BCUT2D eigenvalue weighted by molar-refractivity contribution is 6.32. The first-order valence-electron chi connectivity index (χ1n) is 8.62. The number of benzene rings is 2. The first-order valence-corrected chi connectivity index (χ1v) is 9.00. The molecule has 6 heteroatoms. The molecule has 0 aliphatic rings. The molecule has 0 radical (unpaired) electrons.